The van der Waals surface area contributed by atoms with E-state index in [0.717, 1.165) is 47.5 Å². The number of aromatic nitrogens is 2. The molecule has 0 atom stereocenters. The van der Waals surface area contributed by atoms with Crippen LogP contribution in [-0.2, 0) is 11.3 Å². The molecule has 1 aromatic heterocycles. The normalized spacial score (nSPS) is 12.6. The number of aromatic amines is 1. The Morgan fingerprint density at radius 2 is 1.42 bits per heavy atom. The van der Waals surface area contributed by atoms with E-state index >= 15 is 0 Å². The number of nitrogens with one attached hydrogen (secondary N) is 2. The van der Waals surface area contributed by atoms with E-state index in [-0.39, 0.29) is 12.5 Å². The molecule has 204 valence electrons. The molecule has 3 heterocycles. The first-order chi connectivity index (χ1) is 21.4. The molecule has 2 aliphatic heterocycles. The minimum atomic E-state index is -0.760. The number of fused-ring (bicyclic) bond motifs is 2. The Morgan fingerprint density at radius 1 is 0.844 bits per heavy atom. The van der Waals surface area contributed by atoms with E-state index in [0.29, 0.717) is 0 Å². The number of ether oxygens (including phenoxy) is 2. The first kappa shape index (κ1) is 37.6. The molecule has 2 aliphatic rings. The van der Waals surface area contributed by atoms with Crippen molar-refractivity contribution in [1.82, 2.24) is 9.97 Å². The molecule has 0 bridgehead atoms. The van der Waals surface area contributed by atoms with Gasteiger partial charge in [-0.2, -0.15) is 0 Å². The summed E-state index contributed by atoms with van der Waals surface area (Å²) in [5.74, 6) is 1.63. The first-order valence-corrected chi connectivity index (χ1v) is 16.6. The molecule has 3 aromatic rings. The summed E-state index contributed by atoms with van der Waals surface area (Å²) in [5.41, 5.74) is 3.06. The highest BCUT2D eigenvalue weighted by atomic mass is 32.2. The third kappa shape index (κ3) is 11.1. The maximum Gasteiger partial charge on any atom is 0.262 e. The second-order valence-corrected chi connectivity index (χ2v) is 12.1. The summed E-state index contributed by atoms with van der Waals surface area (Å²) in [6.07, 6.45) is 3.59. The lowest BCUT2D eigenvalue weighted by Crippen LogP contribution is -2.72. The maximum atomic E-state index is 11.0. The number of anilines is 2. The van der Waals surface area contributed by atoms with Crippen molar-refractivity contribution in [2.45, 2.75) is 16.3 Å². The summed E-state index contributed by atoms with van der Waals surface area (Å²) in [6, 6.07) is 12.1. The molecule has 0 unspecified atom stereocenters. The monoisotopic (exact) mass is 610 g/mol. The zero-order valence-electron chi connectivity index (χ0n) is 25.5. The fraction of sp³-hybridized carbons (Fsp3) is 0.273. The van der Waals surface area contributed by atoms with Crippen LogP contribution in [0.2, 0.25) is 0 Å². The molecule has 23 heteroatoms. The van der Waals surface area contributed by atoms with E-state index in [1.54, 1.807) is 29.9 Å². The molecule has 5 rings (SSSR count). The molecule has 0 saturated carbocycles. The minimum absolute atomic E-state index is 0.0919. The number of hydrogen-bond acceptors (Lipinski definition) is 7. The van der Waals surface area contributed by atoms with Crippen molar-refractivity contribution < 1.29 is 14.3 Å². The van der Waals surface area contributed by atoms with Gasteiger partial charge in [-0.05, 0) is 48.9 Å². The lowest BCUT2D eigenvalue weighted by Gasteiger charge is -2.34. The quantitative estimate of drug-likeness (QED) is 0.237. The van der Waals surface area contributed by atoms with Crippen LogP contribution in [0.5, 0.6) is 11.5 Å². The van der Waals surface area contributed by atoms with E-state index in [1.807, 2.05) is 30.7 Å². The number of amides is 1. The number of H-pyrrole nitrogens is 1. The average Bonchev–Trinajstić information content (AvgIpc) is 3.52. The minimum Gasteiger partial charge on any atom is -0.490 e. The molecule has 7 nitrogen and oxygen atoms in total. The lowest BCUT2D eigenvalue weighted by atomic mass is 8.47. The number of benzene rings is 2. The van der Waals surface area contributed by atoms with Crippen LogP contribution in [0.15, 0.2) is 58.7 Å². The van der Waals surface area contributed by atoms with Crippen molar-refractivity contribution in [3.8, 4) is 11.5 Å². The van der Waals surface area contributed by atoms with Gasteiger partial charge in [-0.3, -0.25) is 4.79 Å². The van der Waals surface area contributed by atoms with E-state index < -0.39 is 38.3 Å². The van der Waals surface area contributed by atoms with Crippen LogP contribution in [0.3, 0.4) is 0 Å². The van der Waals surface area contributed by atoms with Crippen LogP contribution in [0, 0.1) is 0 Å². The lowest BCUT2D eigenvalue weighted by molar-refractivity contribution is -0.118. The summed E-state index contributed by atoms with van der Waals surface area (Å²) in [4.78, 5) is 22.9. The van der Waals surface area contributed by atoms with Gasteiger partial charge in [0.25, 0.3) is 5.91 Å². The number of rotatable bonds is 9. The third-order valence-corrected chi connectivity index (χ3v) is 8.53. The second-order valence-electron chi connectivity index (χ2n) is 10.3. The molecule has 0 saturated heterocycles. The van der Waals surface area contributed by atoms with Crippen LogP contribution in [-0.4, -0.2) is 148 Å². The van der Waals surface area contributed by atoms with Gasteiger partial charge in [-0.15, -0.1) is 23.5 Å². The molecule has 0 aliphatic carbocycles. The number of carbonyl (C=O) groups excluding carboxylic acids is 1. The van der Waals surface area contributed by atoms with Gasteiger partial charge in [0.1, 0.15) is 18.1 Å². The predicted molar refractivity (Wildman–Crippen MR) is 206 cm³/mol. The molecule has 0 spiro atoms. The van der Waals surface area contributed by atoms with Crippen molar-refractivity contribution in [3.05, 3.63) is 54.6 Å². The van der Waals surface area contributed by atoms with Crippen LogP contribution in [0.1, 0.15) is 5.69 Å². The van der Waals surface area contributed by atoms with Gasteiger partial charge < -0.3 is 24.7 Å². The van der Waals surface area contributed by atoms with Crippen molar-refractivity contribution in [3.63, 3.8) is 0 Å². The highest BCUT2D eigenvalue weighted by Gasteiger charge is 2.35. The highest BCUT2D eigenvalue weighted by molar-refractivity contribution is 8.10. The highest BCUT2D eigenvalue weighted by Crippen LogP contribution is 2.35. The number of imidazole rings is 1. The van der Waals surface area contributed by atoms with Crippen molar-refractivity contribution in [2.75, 3.05) is 42.5 Å². The topological polar surface area (TPSA) is 79.5 Å². The Labute approximate surface area is 288 Å². The summed E-state index contributed by atoms with van der Waals surface area (Å²) < 4.78 is 10.9. The third-order valence-electron chi connectivity index (χ3n) is 7.08. The van der Waals surface area contributed by atoms with E-state index in [9.17, 15) is 4.79 Å². The van der Waals surface area contributed by atoms with Gasteiger partial charge in [0.05, 0.1) is 36.5 Å². The smallest absolute Gasteiger partial charge is 0.262 e. The Kier molecular flexibility index (Phi) is 15.4. The van der Waals surface area contributed by atoms with Gasteiger partial charge in [0.2, 0.25) is 0 Å². The molecule has 45 heavy (non-hydrogen) atoms. The van der Waals surface area contributed by atoms with Crippen LogP contribution in [0.25, 0.3) is 0 Å². The SMILES string of the molecule is CSc1ccc2c(c1)N(Cc1cnc[nH]1)CCO2.CSc1ccc2c(c1)NC(=O)CO2.[B]B([B])B(B([B])[B])B(B([B])[B])B([B])[B]. The molecule has 0 fully saturated rings. The summed E-state index contributed by atoms with van der Waals surface area (Å²) in [7, 11) is 44.1. The average molecular weight is 608 g/mol. The number of carbonyl (C=O) groups is 1. The van der Waals surface area contributed by atoms with E-state index in [4.69, 9.17) is 71.4 Å². The zero-order chi connectivity index (χ0) is 33.1. The molecule has 16 radical (unpaired) electrons. The summed E-state index contributed by atoms with van der Waals surface area (Å²) >= 11 is 3.39. The van der Waals surface area contributed by atoms with Crippen LogP contribution in [0.4, 0.5) is 11.4 Å². The van der Waals surface area contributed by atoms with E-state index in [2.05, 4.69) is 44.6 Å². The Morgan fingerprint density at radius 3 is 1.96 bits per heavy atom. The van der Waals surface area contributed by atoms with E-state index in [1.165, 1.54) is 10.6 Å². The predicted octanol–water partition coefficient (Wildman–Crippen LogP) is -1.06. The van der Waals surface area contributed by atoms with Crippen LogP contribution < -0.4 is 19.7 Å². The van der Waals surface area contributed by atoms with Gasteiger partial charge in [0.15, 0.2) is 6.61 Å². The number of thioether (sulfide) groups is 2. The van der Waals surface area contributed by atoms with Gasteiger partial charge in [0, 0.05) is 116 Å². The van der Waals surface area contributed by atoms with Crippen molar-refractivity contribution in [2.24, 2.45) is 0 Å². The fourth-order valence-corrected chi connectivity index (χ4v) is 5.72. The molecular weight excluding hydrogens is 584 g/mol. The second kappa shape index (κ2) is 18.5. The fourth-order valence-electron chi connectivity index (χ4n) is 4.85. The Bertz CT molecular complexity index is 1330. The maximum absolute atomic E-state index is 11.0. The number of hydrogen-bond donors (Lipinski definition) is 2. The first-order valence-electron chi connectivity index (χ1n) is 14.1. The van der Waals surface area contributed by atoms with Gasteiger partial charge in [-0.1, -0.05) is 0 Å². The molecule has 1 amide bonds. The van der Waals surface area contributed by atoms with Gasteiger partial charge >= 0.3 is 0 Å². The Hall–Kier alpha value is -1.87. The number of nitrogens with zero attached hydrogens (tertiary/aromatic N) is 2. The largest absolute Gasteiger partial charge is 0.490 e. The summed E-state index contributed by atoms with van der Waals surface area (Å²) in [6.45, 7) is 2.60. The van der Waals surface area contributed by atoms with Gasteiger partial charge in [-0.25, -0.2) is 4.98 Å². The summed E-state index contributed by atoms with van der Waals surface area (Å²) in [5, 5.41) is 2.76. The van der Waals surface area contributed by atoms with Crippen molar-refractivity contribution in [1.29, 1.82) is 0 Å². The molecule has 2 N–H and O–H groups in total. The zero-order valence-corrected chi connectivity index (χ0v) is 27.1. The molecule has 2 aromatic carbocycles. The Balaban J connectivity index is 0.000000188. The molecular formula is C22H24B14N4O3S2. The van der Waals surface area contributed by atoms with Crippen molar-refractivity contribution >= 4 is 141 Å². The van der Waals surface area contributed by atoms with Crippen LogP contribution >= 0.6 is 23.5 Å². The standard InChI is InChI=1S/C13H15N3OS.C9H9NO2S.B14/c1-18-11-2-3-13-12(6-11)16(4-5-17-13)8-10-7-14-9-15-10;1-13-6-2-3-8-7(4-6)10-9(11)5-12-8;1-9(2)13(10(3)4)14(11(5)6)12(7)8/h2-3,6-7,9H,4-5,8H2,1H3,(H,14,15);2-4H,5H2,1H3,(H,10,11);.